The van der Waals surface area contributed by atoms with Crippen molar-refractivity contribution < 1.29 is 19.1 Å². The van der Waals surface area contributed by atoms with Gasteiger partial charge in [-0.1, -0.05) is 29.5 Å². The third-order valence-corrected chi connectivity index (χ3v) is 7.36. The molecule has 1 atom stereocenters. The Labute approximate surface area is 216 Å². The summed E-state index contributed by atoms with van der Waals surface area (Å²) in [5, 5.41) is 2.94. The summed E-state index contributed by atoms with van der Waals surface area (Å²) in [6, 6.07) is 14.6. The van der Waals surface area contributed by atoms with Crippen molar-refractivity contribution in [2.45, 2.75) is 31.9 Å². The van der Waals surface area contributed by atoms with Gasteiger partial charge in [-0.15, -0.1) is 0 Å². The smallest absolute Gasteiger partial charge is 0.242 e. The molecular weight excluding hydrogens is 476 g/mol. The van der Waals surface area contributed by atoms with Crippen molar-refractivity contribution >= 4 is 45.9 Å². The summed E-state index contributed by atoms with van der Waals surface area (Å²) >= 11 is 1.34. The van der Waals surface area contributed by atoms with Crippen LogP contribution in [0.25, 0.3) is 0 Å². The van der Waals surface area contributed by atoms with E-state index in [0.29, 0.717) is 23.0 Å². The van der Waals surface area contributed by atoms with Crippen molar-refractivity contribution in [3.8, 4) is 0 Å². The highest BCUT2D eigenvalue weighted by Crippen LogP contribution is 2.32. The number of carbonyl (C=O) groups excluding carboxylic acids is 3. The average Bonchev–Trinajstić information content (AvgIpc) is 3.15. The molecule has 190 valence electrons. The monoisotopic (exact) mass is 508 g/mol. The number of amidine groups is 1. The van der Waals surface area contributed by atoms with Gasteiger partial charge in [0.25, 0.3) is 0 Å². The lowest BCUT2D eigenvalue weighted by Gasteiger charge is -2.27. The van der Waals surface area contributed by atoms with E-state index in [-0.39, 0.29) is 24.0 Å². The Bertz CT molecular complexity index is 1110. The van der Waals surface area contributed by atoms with Crippen LogP contribution >= 0.6 is 11.8 Å². The Balaban J connectivity index is 1.41. The third kappa shape index (κ3) is 7.02. The number of morpholine rings is 1. The van der Waals surface area contributed by atoms with Crippen molar-refractivity contribution in [2.75, 3.05) is 44.7 Å². The van der Waals surface area contributed by atoms with Crippen molar-refractivity contribution in [2.24, 2.45) is 4.99 Å². The zero-order valence-corrected chi connectivity index (χ0v) is 21.6. The molecule has 2 saturated heterocycles. The molecule has 1 N–H and O–H groups in total. The van der Waals surface area contributed by atoms with E-state index in [1.807, 2.05) is 31.2 Å². The largest absolute Gasteiger partial charge is 0.379 e. The molecule has 2 aliphatic heterocycles. The number of amides is 2. The van der Waals surface area contributed by atoms with E-state index in [1.54, 1.807) is 29.2 Å². The molecule has 2 amide bonds. The summed E-state index contributed by atoms with van der Waals surface area (Å²) in [6.07, 6.45) is 0.867. The minimum absolute atomic E-state index is 0.0325. The quantitative estimate of drug-likeness (QED) is 0.517. The second-order valence-electron chi connectivity index (χ2n) is 9.02. The highest BCUT2D eigenvalue weighted by atomic mass is 32.2. The molecule has 0 saturated carbocycles. The van der Waals surface area contributed by atoms with Gasteiger partial charge >= 0.3 is 0 Å². The van der Waals surface area contributed by atoms with Gasteiger partial charge in [0.1, 0.15) is 5.25 Å². The summed E-state index contributed by atoms with van der Waals surface area (Å²) in [5.41, 5.74) is 3.10. The molecule has 0 bridgehead atoms. The fourth-order valence-corrected chi connectivity index (χ4v) is 5.29. The van der Waals surface area contributed by atoms with Crippen LogP contribution in [0.3, 0.4) is 0 Å². The van der Waals surface area contributed by atoms with Crippen LogP contribution in [0.2, 0.25) is 0 Å². The molecule has 8 nitrogen and oxygen atoms in total. The number of benzene rings is 2. The Kier molecular flexibility index (Phi) is 8.90. The lowest BCUT2D eigenvalue weighted by molar-refractivity contribution is -0.128. The van der Waals surface area contributed by atoms with E-state index in [4.69, 9.17) is 9.73 Å². The number of thioether (sulfide) groups is 1. The number of aliphatic imine (C=N–C) groups is 1. The number of hydrogen-bond acceptors (Lipinski definition) is 7. The number of nitrogens with zero attached hydrogens (tertiary/aromatic N) is 3. The molecule has 2 aromatic rings. The fourth-order valence-electron chi connectivity index (χ4n) is 4.11. The number of hydrogen-bond donors (Lipinski definition) is 1. The van der Waals surface area contributed by atoms with Gasteiger partial charge in [0.15, 0.2) is 11.0 Å². The molecule has 2 fully saturated rings. The molecule has 0 spiro atoms. The van der Waals surface area contributed by atoms with Gasteiger partial charge < -0.3 is 10.1 Å². The van der Waals surface area contributed by atoms with Crippen LogP contribution in [-0.4, -0.2) is 77.2 Å². The molecule has 9 heteroatoms. The predicted octanol–water partition coefficient (Wildman–Crippen LogP) is 3.88. The Morgan fingerprint density at radius 1 is 1.06 bits per heavy atom. The minimum Gasteiger partial charge on any atom is -0.379 e. The Hall–Kier alpha value is -3.01. The molecule has 0 radical (unpaired) electrons. The summed E-state index contributed by atoms with van der Waals surface area (Å²) in [5.74, 6) is -0.369. The van der Waals surface area contributed by atoms with Crippen LogP contribution in [0, 0.1) is 6.92 Å². The molecule has 4 rings (SSSR count). The van der Waals surface area contributed by atoms with E-state index in [1.165, 1.54) is 18.7 Å². The lowest BCUT2D eigenvalue weighted by Crippen LogP contribution is -2.39. The summed E-state index contributed by atoms with van der Waals surface area (Å²) in [4.78, 5) is 46.4. The average molecular weight is 509 g/mol. The van der Waals surface area contributed by atoms with Gasteiger partial charge in [0, 0.05) is 43.9 Å². The van der Waals surface area contributed by atoms with Crippen molar-refractivity contribution in [1.82, 2.24) is 9.80 Å². The zero-order chi connectivity index (χ0) is 25.5. The number of rotatable bonds is 9. The van der Waals surface area contributed by atoms with Crippen molar-refractivity contribution in [1.29, 1.82) is 0 Å². The maximum atomic E-state index is 13.3. The van der Waals surface area contributed by atoms with Gasteiger partial charge in [-0.05, 0) is 56.7 Å². The van der Waals surface area contributed by atoms with E-state index in [9.17, 15) is 14.4 Å². The second-order valence-corrected chi connectivity index (χ2v) is 10.2. The topological polar surface area (TPSA) is 91.3 Å². The maximum absolute atomic E-state index is 13.3. The van der Waals surface area contributed by atoms with Crippen LogP contribution in [0.4, 0.5) is 11.4 Å². The molecule has 36 heavy (non-hydrogen) atoms. The zero-order valence-electron chi connectivity index (χ0n) is 20.7. The molecule has 2 aliphatic rings. The van der Waals surface area contributed by atoms with E-state index >= 15 is 0 Å². The SMILES string of the molecule is CC(=O)c1ccc(NC(=O)CC2SC(=Nc3ccc(C)cc3)N(CCCN3CCOCC3)C2=O)cc1. The van der Waals surface area contributed by atoms with E-state index in [0.717, 1.165) is 50.5 Å². The van der Waals surface area contributed by atoms with Crippen LogP contribution in [-0.2, 0) is 14.3 Å². The molecule has 1 unspecified atom stereocenters. The number of ether oxygens (including phenoxy) is 1. The number of nitrogens with one attached hydrogen (secondary N) is 1. The number of ketones is 1. The predicted molar refractivity (Wildman–Crippen MR) is 143 cm³/mol. The van der Waals surface area contributed by atoms with Crippen LogP contribution in [0.1, 0.15) is 35.7 Å². The Morgan fingerprint density at radius 3 is 2.42 bits per heavy atom. The van der Waals surface area contributed by atoms with E-state index in [2.05, 4.69) is 10.2 Å². The van der Waals surface area contributed by atoms with Crippen LogP contribution < -0.4 is 5.32 Å². The first-order chi connectivity index (χ1) is 17.4. The Morgan fingerprint density at radius 2 is 1.75 bits per heavy atom. The van der Waals surface area contributed by atoms with E-state index < -0.39 is 5.25 Å². The molecular formula is C27H32N4O4S. The molecule has 2 aromatic carbocycles. The summed E-state index contributed by atoms with van der Waals surface area (Å²) in [7, 11) is 0. The minimum atomic E-state index is -0.533. The summed E-state index contributed by atoms with van der Waals surface area (Å²) in [6.45, 7) is 8.26. The first-order valence-electron chi connectivity index (χ1n) is 12.2. The highest BCUT2D eigenvalue weighted by Gasteiger charge is 2.39. The van der Waals surface area contributed by atoms with Crippen molar-refractivity contribution in [3.05, 3.63) is 59.7 Å². The fraction of sp³-hybridized carbons (Fsp3) is 0.407. The molecule has 0 aliphatic carbocycles. The number of carbonyl (C=O) groups is 3. The van der Waals surface area contributed by atoms with Crippen molar-refractivity contribution in [3.63, 3.8) is 0 Å². The number of aryl methyl sites for hydroxylation is 1. The van der Waals surface area contributed by atoms with Gasteiger partial charge in [0.05, 0.1) is 18.9 Å². The second kappa shape index (κ2) is 12.3. The van der Waals surface area contributed by atoms with Gasteiger partial charge in [0.2, 0.25) is 11.8 Å². The molecule has 2 heterocycles. The number of Topliss-reactive ketones (excluding diaryl/α,β-unsaturated/α-hetero) is 1. The standard InChI is InChI=1S/C27H32N4O4S/c1-19-4-8-23(9-5-19)29-27-31(13-3-12-30-14-16-35-17-15-30)26(34)24(36-27)18-25(33)28-22-10-6-21(7-11-22)20(2)32/h4-11,24H,3,12-18H2,1-2H3,(H,28,33). The van der Waals surface area contributed by atoms with Crippen LogP contribution in [0.15, 0.2) is 53.5 Å². The lowest BCUT2D eigenvalue weighted by atomic mass is 10.1. The first-order valence-corrected chi connectivity index (χ1v) is 13.1. The number of anilines is 1. The molecule has 0 aromatic heterocycles. The van der Waals surface area contributed by atoms with Gasteiger partial charge in [-0.3, -0.25) is 24.2 Å². The summed E-state index contributed by atoms with van der Waals surface area (Å²) < 4.78 is 5.42. The normalized spacial score (nSPS) is 19.6. The first kappa shape index (κ1) is 26.1. The maximum Gasteiger partial charge on any atom is 0.242 e. The highest BCUT2D eigenvalue weighted by molar-refractivity contribution is 8.15. The van der Waals surface area contributed by atoms with Crippen LogP contribution in [0.5, 0.6) is 0 Å². The van der Waals surface area contributed by atoms with Gasteiger partial charge in [-0.25, -0.2) is 4.99 Å². The third-order valence-electron chi connectivity index (χ3n) is 6.18. The van der Waals surface area contributed by atoms with Gasteiger partial charge in [-0.2, -0.15) is 0 Å².